The molecule has 0 unspecified atom stereocenters. The van der Waals surface area contributed by atoms with Crippen LogP contribution in [-0.2, 0) is 16.6 Å². The molecule has 27 heavy (non-hydrogen) atoms. The second-order valence-electron chi connectivity index (χ2n) is 6.86. The van der Waals surface area contributed by atoms with Crippen LogP contribution in [0.4, 0.5) is 5.69 Å². The third kappa shape index (κ3) is 5.80. The summed E-state index contributed by atoms with van der Waals surface area (Å²) in [6.45, 7) is 4.02. The highest BCUT2D eigenvalue weighted by Crippen LogP contribution is 2.16. The molecular weight excluding hydrogens is 362 g/mol. The molecular formula is C20H25N3O3S. The van der Waals surface area contributed by atoms with Crippen molar-refractivity contribution in [1.82, 2.24) is 9.80 Å². The molecule has 1 fully saturated rings. The Hall–Kier alpha value is -2.38. The molecule has 1 amide bonds. The number of hydrogen-bond acceptors (Lipinski definition) is 4. The minimum Gasteiger partial charge on any atom is -0.337 e. The maximum atomic E-state index is 12.9. The Morgan fingerprint density at radius 1 is 1.00 bits per heavy atom. The third-order valence-electron chi connectivity index (χ3n) is 4.54. The van der Waals surface area contributed by atoms with Crippen molar-refractivity contribution in [3.05, 3.63) is 65.7 Å². The molecule has 2 aromatic rings. The number of sulfonamides is 1. The van der Waals surface area contributed by atoms with E-state index in [1.807, 2.05) is 23.1 Å². The van der Waals surface area contributed by atoms with E-state index < -0.39 is 10.0 Å². The predicted octanol–water partition coefficient (Wildman–Crippen LogP) is 2.41. The fraction of sp³-hybridized carbons (Fsp3) is 0.350. The van der Waals surface area contributed by atoms with Crippen molar-refractivity contribution in [2.24, 2.45) is 0 Å². The van der Waals surface area contributed by atoms with Crippen LogP contribution in [0.1, 0.15) is 22.3 Å². The molecule has 0 bridgehead atoms. The molecule has 0 aliphatic carbocycles. The van der Waals surface area contributed by atoms with Gasteiger partial charge < -0.3 is 4.90 Å². The van der Waals surface area contributed by atoms with Gasteiger partial charge in [0.05, 0.1) is 6.26 Å². The highest BCUT2D eigenvalue weighted by atomic mass is 32.2. The van der Waals surface area contributed by atoms with E-state index in [0.717, 1.165) is 32.3 Å². The van der Waals surface area contributed by atoms with Crippen LogP contribution in [0.2, 0.25) is 0 Å². The lowest BCUT2D eigenvalue weighted by Crippen LogP contribution is -2.35. The molecule has 0 spiro atoms. The maximum absolute atomic E-state index is 12.9. The molecule has 6 nitrogen and oxygen atoms in total. The number of carbonyl (C=O) groups excluding carboxylic acids is 1. The first-order valence-electron chi connectivity index (χ1n) is 9.04. The number of anilines is 1. The Kier molecular flexibility index (Phi) is 6.13. The van der Waals surface area contributed by atoms with E-state index in [-0.39, 0.29) is 5.91 Å². The van der Waals surface area contributed by atoms with Crippen molar-refractivity contribution < 1.29 is 13.2 Å². The second kappa shape index (κ2) is 8.54. The minimum absolute atomic E-state index is 0.0614. The number of rotatable bonds is 5. The van der Waals surface area contributed by atoms with E-state index in [9.17, 15) is 13.2 Å². The Morgan fingerprint density at radius 3 is 2.52 bits per heavy atom. The monoisotopic (exact) mass is 387 g/mol. The Balaban J connectivity index is 1.63. The largest absolute Gasteiger partial charge is 0.337 e. The van der Waals surface area contributed by atoms with Gasteiger partial charge in [0.2, 0.25) is 10.0 Å². The Bertz CT molecular complexity index is 884. The first-order chi connectivity index (χ1) is 12.9. The van der Waals surface area contributed by atoms with Crippen LogP contribution in [-0.4, -0.2) is 56.6 Å². The Labute approximate surface area is 160 Å². The van der Waals surface area contributed by atoms with Gasteiger partial charge in [-0.05, 0) is 30.2 Å². The van der Waals surface area contributed by atoms with Gasteiger partial charge in [-0.25, -0.2) is 8.42 Å². The normalized spacial score (nSPS) is 16.0. The minimum atomic E-state index is -3.37. The van der Waals surface area contributed by atoms with Gasteiger partial charge in [0.25, 0.3) is 5.91 Å². The highest BCUT2D eigenvalue weighted by molar-refractivity contribution is 7.92. The quantitative estimate of drug-likeness (QED) is 0.855. The number of amides is 1. The summed E-state index contributed by atoms with van der Waals surface area (Å²) in [5, 5.41) is 0. The van der Waals surface area contributed by atoms with Crippen molar-refractivity contribution in [3.8, 4) is 0 Å². The molecule has 1 aliphatic heterocycles. The van der Waals surface area contributed by atoms with Crippen LogP contribution in [0.5, 0.6) is 0 Å². The van der Waals surface area contributed by atoms with E-state index in [0.29, 0.717) is 24.3 Å². The van der Waals surface area contributed by atoms with Crippen molar-refractivity contribution in [2.45, 2.75) is 13.0 Å². The summed E-state index contributed by atoms with van der Waals surface area (Å²) in [6, 6.07) is 17.0. The van der Waals surface area contributed by atoms with Gasteiger partial charge in [-0.1, -0.05) is 36.4 Å². The molecule has 0 saturated carbocycles. The van der Waals surface area contributed by atoms with Gasteiger partial charge in [0, 0.05) is 44.0 Å². The molecule has 0 atom stereocenters. The summed E-state index contributed by atoms with van der Waals surface area (Å²) < 4.78 is 25.2. The molecule has 1 saturated heterocycles. The van der Waals surface area contributed by atoms with E-state index >= 15 is 0 Å². The number of benzene rings is 2. The van der Waals surface area contributed by atoms with Gasteiger partial charge in [-0.2, -0.15) is 0 Å². The summed E-state index contributed by atoms with van der Waals surface area (Å²) >= 11 is 0. The zero-order chi connectivity index (χ0) is 19.3. The van der Waals surface area contributed by atoms with Crippen molar-refractivity contribution in [1.29, 1.82) is 0 Å². The number of nitrogens with zero attached hydrogens (tertiary/aromatic N) is 2. The van der Waals surface area contributed by atoms with Crippen molar-refractivity contribution in [2.75, 3.05) is 37.2 Å². The van der Waals surface area contributed by atoms with Crippen LogP contribution >= 0.6 is 0 Å². The van der Waals surface area contributed by atoms with E-state index in [1.54, 1.807) is 24.3 Å². The van der Waals surface area contributed by atoms with Gasteiger partial charge in [-0.15, -0.1) is 0 Å². The summed E-state index contributed by atoms with van der Waals surface area (Å²) in [6.07, 6.45) is 2.01. The van der Waals surface area contributed by atoms with Crippen molar-refractivity contribution in [3.63, 3.8) is 0 Å². The van der Waals surface area contributed by atoms with Gasteiger partial charge >= 0.3 is 0 Å². The van der Waals surface area contributed by atoms with Crippen molar-refractivity contribution >= 4 is 21.6 Å². The SMILES string of the molecule is CS(=O)(=O)Nc1cccc(C(=O)N2CCCN(Cc3ccccc3)CC2)c1. The average molecular weight is 388 g/mol. The van der Waals surface area contributed by atoms with Gasteiger partial charge in [0.1, 0.15) is 0 Å². The fourth-order valence-corrected chi connectivity index (χ4v) is 3.84. The summed E-state index contributed by atoms with van der Waals surface area (Å²) in [5.41, 5.74) is 2.18. The number of carbonyl (C=O) groups is 1. The Morgan fingerprint density at radius 2 is 1.78 bits per heavy atom. The van der Waals surface area contributed by atoms with Crippen LogP contribution in [0.25, 0.3) is 0 Å². The molecule has 1 heterocycles. The zero-order valence-corrected chi connectivity index (χ0v) is 16.3. The smallest absolute Gasteiger partial charge is 0.253 e. The molecule has 1 aliphatic rings. The molecule has 144 valence electrons. The predicted molar refractivity (Wildman–Crippen MR) is 107 cm³/mol. The molecule has 7 heteroatoms. The van der Waals surface area contributed by atoms with Crippen LogP contribution in [0.3, 0.4) is 0 Å². The standard InChI is InChI=1S/C20H25N3O3S/c1-27(25,26)21-19-10-5-9-18(15-19)20(24)23-12-6-11-22(13-14-23)16-17-7-3-2-4-8-17/h2-5,7-10,15,21H,6,11-14,16H2,1H3. The fourth-order valence-electron chi connectivity index (χ4n) is 3.29. The molecule has 0 aromatic heterocycles. The van der Waals surface area contributed by atoms with Crippen LogP contribution < -0.4 is 4.72 Å². The van der Waals surface area contributed by atoms with E-state index in [2.05, 4.69) is 21.8 Å². The number of nitrogens with one attached hydrogen (secondary N) is 1. The zero-order valence-electron chi connectivity index (χ0n) is 15.5. The molecule has 2 aromatic carbocycles. The van der Waals surface area contributed by atoms with E-state index in [4.69, 9.17) is 0 Å². The van der Waals surface area contributed by atoms with E-state index in [1.165, 1.54) is 5.56 Å². The number of hydrogen-bond donors (Lipinski definition) is 1. The summed E-state index contributed by atoms with van der Waals surface area (Å²) in [7, 11) is -3.37. The lowest BCUT2D eigenvalue weighted by molar-refractivity contribution is 0.0761. The topological polar surface area (TPSA) is 69.7 Å². The van der Waals surface area contributed by atoms with Crippen LogP contribution in [0.15, 0.2) is 54.6 Å². The lowest BCUT2D eigenvalue weighted by Gasteiger charge is -2.22. The summed E-state index contributed by atoms with van der Waals surface area (Å²) in [5.74, 6) is -0.0614. The highest BCUT2D eigenvalue weighted by Gasteiger charge is 2.20. The third-order valence-corrected chi connectivity index (χ3v) is 5.14. The second-order valence-corrected chi connectivity index (χ2v) is 8.61. The molecule has 1 N–H and O–H groups in total. The average Bonchev–Trinajstić information content (AvgIpc) is 2.86. The lowest BCUT2D eigenvalue weighted by atomic mass is 10.1. The molecule has 0 radical (unpaired) electrons. The van der Waals surface area contributed by atoms with Crippen LogP contribution in [0, 0.1) is 0 Å². The molecule has 3 rings (SSSR count). The summed E-state index contributed by atoms with van der Waals surface area (Å²) in [4.78, 5) is 17.1. The maximum Gasteiger partial charge on any atom is 0.253 e. The first-order valence-corrected chi connectivity index (χ1v) is 10.9. The first kappa shape index (κ1) is 19.4. The van der Waals surface area contributed by atoms with Gasteiger partial charge in [0.15, 0.2) is 0 Å². The van der Waals surface area contributed by atoms with Gasteiger partial charge in [-0.3, -0.25) is 14.4 Å².